The van der Waals surface area contributed by atoms with Crippen LogP contribution in [0.1, 0.15) is 79.0 Å². The third-order valence-corrected chi connectivity index (χ3v) is 10.2. The summed E-state index contributed by atoms with van der Waals surface area (Å²) < 4.78 is 8.91. The summed E-state index contributed by atoms with van der Waals surface area (Å²) in [5.74, 6) is 4.23. The average Bonchev–Trinajstić information content (AvgIpc) is 3.66. The maximum absolute atomic E-state index is 6.66. The molecule has 0 unspecified atom stereocenters. The number of benzene rings is 3. The van der Waals surface area contributed by atoms with Gasteiger partial charge in [0, 0.05) is 52.7 Å². The van der Waals surface area contributed by atoms with Crippen molar-refractivity contribution in [2.24, 2.45) is 0 Å². The first kappa shape index (κ1) is 34.4. The lowest BCUT2D eigenvalue weighted by Crippen LogP contribution is -2.28. The molecule has 7 nitrogen and oxygen atoms in total. The first-order chi connectivity index (χ1) is 25.2. The Kier molecular flexibility index (Phi) is 8.09. The highest BCUT2D eigenvalue weighted by molar-refractivity contribution is 6.09. The molecule has 0 bridgehead atoms. The van der Waals surface area contributed by atoms with E-state index < -0.39 is 0 Å². The Balaban J connectivity index is 1.15. The summed E-state index contributed by atoms with van der Waals surface area (Å²) in [5, 5.41) is 2.34. The molecule has 4 aromatic heterocycles. The van der Waals surface area contributed by atoms with Gasteiger partial charge < -0.3 is 9.64 Å². The normalized spacial score (nSPS) is 13.6. The fourth-order valence-electron chi connectivity index (χ4n) is 7.23. The third-order valence-electron chi connectivity index (χ3n) is 10.2. The van der Waals surface area contributed by atoms with Crippen LogP contribution in [0.5, 0.6) is 11.5 Å². The van der Waals surface area contributed by atoms with Gasteiger partial charge in [0.1, 0.15) is 29.8 Å². The van der Waals surface area contributed by atoms with Crippen LogP contribution >= 0.6 is 0 Å². The van der Waals surface area contributed by atoms with Crippen molar-refractivity contribution in [1.82, 2.24) is 19.5 Å². The topological polar surface area (TPSA) is 59.3 Å². The van der Waals surface area contributed by atoms with Gasteiger partial charge in [0.25, 0.3) is 0 Å². The van der Waals surface area contributed by atoms with E-state index >= 15 is 0 Å². The van der Waals surface area contributed by atoms with Crippen molar-refractivity contribution >= 4 is 44.8 Å². The van der Waals surface area contributed by atoms with Crippen molar-refractivity contribution < 1.29 is 4.74 Å². The lowest BCUT2D eigenvalue weighted by molar-refractivity contribution is 0.483. The Bertz CT molecular complexity index is 2490. The monoisotopic (exact) mass is 700 g/mol. The van der Waals surface area contributed by atoms with Crippen LogP contribution in [-0.2, 0) is 16.2 Å². The van der Waals surface area contributed by atoms with Crippen molar-refractivity contribution in [3.05, 3.63) is 132 Å². The van der Waals surface area contributed by atoms with Gasteiger partial charge in [-0.15, -0.1) is 0 Å². The number of nitrogens with zero attached hydrogens (tertiary/aromatic N) is 6. The molecule has 8 rings (SSSR count). The van der Waals surface area contributed by atoms with E-state index in [1.165, 1.54) is 22.1 Å². The Labute approximate surface area is 312 Å². The van der Waals surface area contributed by atoms with Crippen LogP contribution in [0.4, 0.5) is 23.0 Å². The molecule has 0 amide bonds. The minimum atomic E-state index is -0.113. The second kappa shape index (κ2) is 12.5. The van der Waals surface area contributed by atoms with Crippen molar-refractivity contribution in [1.29, 1.82) is 0 Å². The van der Waals surface area contributed by atoms with Gasteiger partial charge in [-0.3, -0.25) is 9.47 Å². The first-order valence-electron chi connectivity index (χ1n) is 18.5. The zero-order valence-electron chi connectivity index (χ0n) is 32.3. The van der Waals surface area contributed by atoms with E-state index in [1.807, 2.05) is 30.7 Å². The summed E-state index contributed by atoms with van der Waals surface area (Å²) in [7, 11) is 0. The molecule has 7 aromatic rings. The molecule has 0 N–H and O–H groups in total. The number of fused-ring (bicyclic) bond motifs is 4. The molecule has 0 aliphatic carbocycles. The molecule has 7 heteroatoms. The van der Waals surface area contributed by atoms with Gasteiger partial charge in [0.15, 0.2) is 5.82 Å². The van der Waals surface area contributed by atoms with Crippen LogP contribution in [0, 0.1) is 0 Å². The predicted molar refractivity (Wildman–Crippen MR) is 219 cm³/mol. The lowest BCUT2D eigenvalue weighted by atomic mass is 9.81. The fourth-order valence-corrected chi connectivity index (χ4v) is 7.23. The van der Waals surface area contributed by atoms with Crippen LogP contribution in [0.25, 0.3) is 27.6 Å². The fraction of sp³-hybridized carbons (Fsp3) is 0.283. The van der Waals surface area contributed by atoms with Gasteiger partial charge in [0.2, 0.25) is 0 Å². The number of para-hydroxylation sites is 1. The smallest absolute Gasteiger partial charge is 0.159 e. The van der Waals surface area contributed by atoms with Crippen molar-refractivity contribution in [2.75, 3.05) is 16.5 Å². The largest absolute Gasteiger partial charge is 0.457 e. The zero-order chi connectivity index (χ0) is 37.3. The highest BCUT2D eigenvalue weighted by atomic mass is 16.5. The van der Waals surface area contributed by atoms with Gasteiger partial charge in [-0.1, -0.05) is 86.6 Å². The Morgan fingerprint density at radius 2 is 1.30 bits per heavy atom. The Morgan fingerprint density at radius 3 is 2.08 bits per heavy atom. The van der Waals surface area contributed by atoms with Crippen molar-refractivity contribution in [3.8, 4) is 17.3 Å². The van der Waals surface area contributed by atoms with E-state index in [-0.39, 0.29) is 16.2 Å². The average molecular weight is 701 g/mol. The molecule has 0 saturated carbocycles. The van der Waals surface area contributed by atoms with E-state index in [4.69, 9.17) is 19.7 Å². The summed E-state index contributed by atoms with van der Waals surface area (Å²) in [6, 6.07) is 33.9. The van der Waals surface area contributed by atoms with Gasteiger partial charge in [0.05, 0.1) is 16.7 Å². The van der Waals surface area contributed by atoms with E-state index in [9.17, 15) is 0 Å². The molecule has 0 saturated heterocycles. The SMILES string of the molecule is CC(C)(C)c1ccnc(-n2c3ccccc3c3ccc(Oc4cccc(N5CN(c6ncc(C(C)(C)C)cc6C(C)(C)C)c6ncccc65)c4)cc32)c1. The highest BCUT2D eigenvalue weighted by Gasteiger charge is 2.34. The summed E-state index contributed by atoms with van der Waals surface area (Å²) in [6.45, 7) is 20.7. The minimum absolute atomic E-state index is 0.000955. The summed E-state index contributed by atoms with van der Waals surface area (Å²) in [4.78, 5) is 19.4. The van der Waals surface area contributed by atoms with Crippen LogP contribution in [0.2, 0.25) is 0 Å². The predicted octanol–water partition coefficient (Wildman–Crippen LogP) is 11.9. The maximum atomic E-state index is 6.66. The van der Waals surface area contributed by atoms with Gasteiger partial charge in [-0.05, 0) is 88.0 Å². The molecule has 1 aliphatic heterocycles. The lowest BCUT2D eigenvalue weighted by Gasteiger charge is -2.30. The maximum Gasteiger partial charge on any atom is 0.159 e. The van der Waals surface area contributed by atoms with Crippen molar-refractivity contribution in [2.45, 2.75) is 78.6 Å². The summed E-state index contributed by atoms with van der Waals surface area (Å²) in [5.41, 5.74) is 7.75. The molecule has 3 aromatic carbocycles. The molecule has 0 fully saturated rings. The molecule has 1 aliphatic rings. The second-order valence-electron chi connectivity index (χ2n) is 17.2. The molecule has 5 heterocycles. The summed E-state index contributed by atoms with van der Waals surface area (Å²) in [6.07, 6.45) is 5.80. The van der Waals surface area contributed by atoms with Crippen molar-refractivity contribution in [3.63, 3.8) is 0 Å². The van der Waals surface area contributed by atoms with Crippen LogP contribution in [-0.4, -0.2) is 26.2 Å². The molecule has 0 atom stereocenters. The number of aromatic nitrogens is 4. The zero-order valence-corrected chi connectivity index (χ0v) is 32.3. The Morgan fingerprint density at radius 1 is 0.547 bits per heavy atom. The van der Waals surface area contributed by atoms with Gasteiger partial charge in [-0.2, -0.15) is 0 Å². The molecule has 0 radical (unpaired) electrons. The van der Waals surface area contributed by atoms with Crippen LogP contribution in [0.15, 0.2) is 116 Å². The van der Waals surface area contributed by atoms with E-state index in [0.29, 0.717) is 6.67 Å². The molecule has 53 heavy (non-hydrogen) atoms. The van der Waals surface area contributed by atoms with E-state index in [2.05, 4.69) is 162 Å². The molecule has 268 valence electrons. The van der Waals surface area contributed by atoms with Gasteiger partial charge >= 0.3 is 0 Å². The quantitative estimate of drug-likeness (QED) is 0.178. The van der Waals surface area contributed by atoms with Gasteiger partial charge in [-0.25, -0.2) is 15.0 Å². The Hall–Kier alpha value is -5.69. The molecule has 0 spiro atoms. The third kappa shape index (κ3) is 6.28. The number of pyridine rings is 3. The van der Waals surface area contributed by atoms with E-state index in [1.54, 1.807) is 0 Å². The molecular formula is C46H48N6O. The number of hydrogen-bond donors (Lipinski definition) is 0. The van der Waals surface area contributed by atoms with Crippen LogP contribution in [0.3, 0.4) is 0 Å². The standard InChI is InChI=1S/C46H48N6O/c1-44(2,3)30-21-23-47-41(25-30)52-38-17-11-10-16-35(38)36-20-19-34(27-40(36)52)53-33-15-12-14-32(26-33)50-29-51(43-39(50)18-13-22-48-43)42-37(46(7,8)9)24-31(28-49-42)45(4,5)6/h10-28H,29H2,1-9H3. The number of hydrogen-bond acceptors (Lipinski definition) is 6. The first-order valence-corrected chi connectivity index (χ1v) is 18.5. The van der Waals surface area contributed by atoms with Crippen LogP contribution < -0.4 is 14.5 Å². The molecular weight excluding hydrogens is 653 g/mol. The highest BCUT2D eigenvalue weighted by Crippen LogP contribution is 2.46. The summed E-state index contributed by atoms with van der Waals surface area (Å²) >= 11 is 0. The number of ether oxygens (including phenoxy) is 1. The number of anilines is 4. The van der Waals surface area contributed by atoms with E-state index in [0.717, 1.165) is 56.7 Å². The second-order valence-corrected chi connectivity index (χ2v) is 17.2. The number of rotatable bonds is 5. The minimum Gasteiger partial charge on any atom is -0.457 e.